The fourth-order valence-corrected chi connectivity index (χ4v) is 1.54. The SMILES string of the molecule is Cl.OC1Cc2ccccc2C1. The molecule has 1 aromatic rings. The molecule has 0 aliphatic heterocycles. The Labute approximate surface area is 72.5 Å². The number of hydrogen-bond acceptors (Lipinski definition) is 1. The van der Waals surface area contributed by atoms with E-state index < -0.39 is 0 Å². The molecule has 0 unspecified atom stereocenters. The maximum absolute atomic E-state index is 9.25. The smallest absolute Gasteiger partial charge is 0.0621 e. The molecular weight excluding hydrogens is 160 g/mol. The van der Waals surface area contributed by atoms with Gasteiger partial charge in [-0.15, -0.1) is 12.4 Å². The van der Waals surface area contributed by atoms with Gasteiger partial charge in [0.1, 0.15) is 0 Å². The molecule has 0 saturated carbocycles. The van der Waals surface area contributed by atoms with Crippen molar-refractivity contribution in [1.82, 2.24) is 0 Å². The van der Waals surface area contributed by atoms with Crippen LogP contribution in [0.4, 0.5) is 0 Å². The molecule has 2 heteroatoms. The van der Waals surface area contributed by atoms with Crippen LogP contribution < -0.4 is 0 Å². The fourth-order valence-electron chi connectivity index (χ4n) is 1.54. The van der Waals surface area contributed by atoms with Crippen LogP contribution >= 0.6 is 12.4 Å². The van der Waals surface area contributed by atoms with Crippen LogP contribution in [-0.2, 0) is 12.8 Å². The van der Waals surface area contributed by atoms with E-state index in [1.54, 1.807) is 0 Å². The minimum Gasteiger partial charge on any atom is -0.392 e. The van der Waals surface area contributed by atoms with Crippen molar-refractivity contribution < 1.29 is 5.11 Å². The Hall–Kier alpha value is -0.530. The zero-order valence-electron chi connectivity index (χ0n) is 6.16. The Morgan fingerprint density at radius 3 is 2.00 bits per heavy atom. The van der Waals surface area contributed by atoms with Crippen molar-refractivity contribution in [1.29, 1.82) is 0 Å². The third-order valence-corrected chi connectivity index (χ3v) is 2.03. The first-order valence-corrected chi connectivity index (χ1v) is 3.61. The number of hydrogen-bond donors (Lipinski definition) is 1. The second-order valence-corrected chi connectivity index (χ2v) is 2.83. The van der Waals surface area contributed by atoms with Crippen LogP contribution in [0.15, 0.2) is 24.3 Å². The zero-order chi connectivity index (χ0) is 6.97. The lowest BCUT2D eigenvalue weighted by Gasteiger charge is -1.93. The van der Waals surface area contributed by atoms with Crippen molar-refractivity contribution in [3.05, 3.63) is 35.4 Å². The van der Waals surface area contributed by atoms with Gasteiger partial charge in [-0.3, -0.25) is 0 Å². The molecule has 0 atom stereocenters. The van der Waals surface area contributed by atoms with Gasteiger partial charge in [0.2, 0.25) is 0 Å². The number of benzene rings is 1. The van der Waals surface area contributed by atoms with Crippen LogP contribution in [0.2, 0.25) is 0 Å². The molecule has 0 spiro atoms. The molecule has 2 rings (SSSR count). The van der Waals surface area contributed by atoms with E-state index in [9.17, 15) is 5.11 Å². The van der Waals surface area contributed by atoms with Crippen molar-refractivity contribution in [3.63, 3.8) is 0 Å². The molecule has 0 fully saturated rings. The predicted molar refractivity (Wildman–Crippen MR) is 47.1 cm³/mol. The standard InChI is InChI=1S/C9H10O.ClH/c10-9-5-7-3-1-2-4-8(7)6-9;/h1-4,9-10H,5-6H2;1H. The lowest BCUT2D eigenvalue weighted by atomic mass is 10.1. The third-order valence-electron chi connectivity index (χ3n) is 2.03. The van der Waals surface area contributed by atoms with Gasteiger partial charge in [0.05, 0.1) is 6.10 Å². The van der Waals surface area contributed by atoms with Crippen molar-refractivity contribution in [2.75, 3.05) is 0 Å². The van der Waals surface area contributed by atoms with E-state index in [0.29, 0.717) is 0 Å². The van der Waals surface area contributed by atoms with Gasteiger partial charge >= 0.3 is 0 Å². The van der Waals surface area contributed by atoms with Gasteiger partial charge in [-0.1, -0.05) is 24.3 Å². The van der Waals surface area contributed by atoms with Crippen molar-refractivity contribution >= 4 is 12.4 Å². The Bertz CT molecular complexity index is 222. The first-order chi connectivity index (χ1) is 4.86. The van der Waals surface area contributed by atoms with Crippen LogP contribution in [0.25, 0.3) is 0 Å². The van der Waals surface area contributed by atoms with Crippen LogP contribution in [0, 0.1) is 0 Å². The molecular formula is C9H11ClO. The van der Waals surface area contributed by atoms with Crippen molar-refractivity contribution in [2.45, 2.75) is 18.9 Å². The van der Waals surface area contributed by atoms with Gasteiger partial charge in [-0.25, -0.2) is 0 Å². The highest BCUT2D eigenvalue weighted by Crippen LogP contribution is 2.20. The highest BCUT2D eigenvalue weighted by Gasteiger charge is 2.17. The molecule has 1 aliphatic rings. The Balaban J connectivity index is 0.000000605. The molecule has 60 valence electrons. The number of aliphatic hydroxyl groups excluding tert-OH is 1. The summed E-state index contributed by atoms with van der Waals surface area (Å²) in [5.74, 6) is 0. The molecule has 1 aliphatic carbocycles. The first kappa shape index (κ1) is 8.57. The van der Waals surface area contributed by atoms with Gasteiger partial charge < -0.3 is 5.11 Å². The zero-order valence-corrected chi connectivity index (χ0v) is 6.97. The molecule has 1 aromatic carbocycles. The molecule has 0 heterocycles. The average Bonchev–Trinajstić information content (AvgIpc) is 2.27. The molecule has 1 N–H and O–H groups in total. The maximum atomic E-state index is 9.25. The van der Waals surface area contributed by atoms with Crippen molar-refractivity contribution in [2.24, 2.45) is 0 Å². The molecule has 0 amide bonds. The maximum Gasteiger partial charge on any atom is 0.0621 e. The molecule has 0 bridgehead atoms. The highest BCUT2D eigenvalue weighted by atomic mass is 35.5. The van der Waals surface area contributed by atoms with Crippen LogP contribution in [-0.4, -0.2) is 11.2 Å². The summed E-state index contributed by atoms with van der Waals surface area (Å²) < 4.78 is 0. The molecule has 11 heavy (non-hydrogen) atoms. The van der Waals surface area contributed by atoms with Crippen LogP contribution in [0.5, 0.6) is 0 Å². The van der Waals surface area contributed by atoms with Gasteiger partial charge in [0, 0.05) is 0 Å². The summed E-state index contributed by atoms with van der Waals surface area (Å²) in [4.78, 5) is 0. The second-order valence-electron chi connectivity index (χ2n) is 2.83. The minimum absolute atomic E-state index is 0. The summed E-state index contributed by atoms with van der Waals surface area (Å²) in [6, 6.07) is 8.23. The number of rotatable bonds is 0. The minimum atomic E-state index is -0.127. The van der Waals surface area contributed by atoms with Gasteiger partial charge in [-0.2, -0.15) is 0 Å². The summed E-state index contributed by atoms with van der Waals surface area (Å²) in [6.45, 7) is 0. The van der Waals surface area contributed by atoms with Crippen LogP contribution in [0.1, 0.15) is 11.1 Å². The summed E-state index contributed by atoms with van der Waals surface area (Å²) in [5.41, 5.74) is 2.63. The highest BCUT2D eigenvalue weighted by molar-refractivity contribution is 5.85. The second kappa shape index (κ2) is 3.24. The molecule has 0 saturated heterocycles. The topological polar surface area (TPSA) is 20.2 Å². The Kier molecular flexibility index (Phi) is 2.53. The molecule has 0 aromatic heterocycles. The van der Waals surface area contributed by atoms with E-state index in [1.807, 2.05) is 12.1 Å². The number of fused-ring (bicyclic) bond motifs is 1. The largest absolute Gasteiger partial charge is 0.392 e. The van der Waals surface area contributed by atoms with Gasteiger partial charge in [0.15, 0.2) is 0 Å². The monoisotopic (exact) mass is 170 g/mol. The Morgan fingerprint density at radius 1 is 1.09 bits per heavy atom. The van der Waals surface area contributed by atoms with E-state index in [-0.39, 0.29) is 18.5 Å². The predicted octanol–water partition coefficient (Wildman–Crippen LogP) is 1.57. The van der Waals surface area contributed by atoms with E-state index in [0.717, 1.165) is 12.8 Å². The van der Waals surface area contributed by atoms with E-state index >= 15 is 0 Å². The first-order valence-electron chi connectivity index (χ1n) is 3.61. The normalized spacial score (nSPS) is 15.7. The number of halogens is 1. The third kappa shape index (κ3) is 1.55. The van der Waals surface area contributed by atoms with Crippen LogP contribution in [0.3, 0.4) is 0 Å². The summed E-state index contributed by atoms with van der Waals surface area (Å²) in [5, 5.41) is 9.25. The Morgan fingerprint density at radius 2 is 1.55 bits per heavy atom. The fraction of sp³-hybridized carbons (Fsp3) is 0.333. The van der Waals surface area contributed by atoms with E-state index in [2.05, 4.69) is 12.1 Å². The molecule has 0 radical (unpaired) electrons. The van der Waals surface area contributed by atoms with Gasteiger partial charge in [-0.05, 0) is 24.0 Å². The summed E-state index contributed by atoms with van der Waals surface area (Å²) in [7, 11) is 0. The summed E-state index contributed by atoms with van der Waals surface area (Å²) in [6.07, 6.45) is 1.56. The van der Waals surface area contributed by atoms with Gasteiger partial charge in [0.25, 0.3) is 0 Å². The number of aliphatic hydroxyl groups is 1. The lowest BCUT2D eigenvalue weighted by molar-refractivity contribution is 0.187. The van der Waals surface area contributed by atoms with E-state index in [1.165, 1.54) is 11.1 Å². The van der Waals surface area contributed by atoms with Crippen molar-refractivity contribution in [3.8, 4) is 0 Å². The quantitative estimate of drug-likeness (QED) is 0.627. The molecule has 1 nitrogen and oxygen atoms in total. The lowest BCUT2D eigenvalue weighted by Crippen LogP contribution is -2.03. The average molecular weight is 171 g/mol. The van der Waals surface area contributed by atoms with E-state index in [4.69, 9.17) is 0 Å². The summed E-state index contributed by atoms with van der Waals surface area (Å²) >= 11 is 0.